The monoisotopic (exact) mass is 516 g/mol. The molecule has 6 atom stereocenters. The van der Waals surface area contributed by atoms with Gasteiger partial charge in [-0.25, -0.2) is 0 Å². The Morgan fingerprint density at radius 1 is 1.03 bits per heavy atom. The largest absolute Gasteiger partial charge is 0.489 e. The van der Waals surface area contributed by atoms with Crippen molar-refractivity contribution >= 4 is 5.78 Å². The molecule has 6 rings (SSSR count). The molecule has 2 saturated carbocycles. The van der Waals surface area contributed by atoms with Crippen LogP contribution in [0.1, 0.15) is 93.7 Å². The summed E-state index contributed by atoms with van der Waals surface area (Å²) in [5, 5.41) is 0. The highest BCUT2D eigenvalue weighted by Gasteiger charge is 2.58. The molecule has 38 heavy (non-hydrogen) atoms. The van der Waals surface area contributed by atoms with Crippen molar-refractivity contribution in [2.45, 2.75) is 96.4 Å². The molecule has 0 radical (unpaired) electrons. The maximum absolute atomic E-state index is 13.3. The number of benzene rings is 2. The van der Waals surface area contributed by atoms with Crippen molar-refractivity contribution in [1.82, 2.24) is 0 Å². The predicted octanol–water partition coefficient (Wildman–Crippen LogP) is 7.63. The number of carbonyl (C=O) groups is 1. The van der Waals surface area contributed by atoms with Gasteiger partial charge in [0.2, 0.25) is 0 Å². The van der Waals surface area contributed by atoms with E-state index in [1.165, 1.54) is 29.5 Å². The summed E-state index contributed by atoms with van der Waals surface area (Å²) in [5.41, 5.74) is 4.06. The first-order chi connectivity index (χ1) is 18.6. The maximum Gasteiger partial charge on any atom is 0.157 e. The quantitative estimate of drug-likeness (QED) is 0.321. The molecule has 1 aliphatic heterocycles. The van der Waals surface area contributed by atoms with Crippen LogP contribution in [0.3, 0.4) is 0 Å². The van der Waals surface area contributed by atoms with E-state index in [2.05, 4.69) is 49.4 Å². The van der Waals surface area contributed by atoms with Gasteiger partial charge in [0.15, 0.2) is 6.29 Å². The van der Waals surface area contributed by atoms with Crippen LogP contribution < -0.4 is 4.74 Å². The molecule has 3 aliphatic carbocycles. The summed E-state index contributed by atoms with van der Waals surface area (Å²) in [4.78, 5) is 13.3. The van der Waals surface area contributed by atoms with Gasteiger partial charge in [-0.2, -0.15) is 0 Å². The highest BCUT2D eigenvalue weighted by Crippen LogP contribution is 2.62. The van der Waals surface area contributed by atoms with Crippen LogP contribution in [0.2, 0.25) is 0 Å². The molecule has 0 aromatic heterocycles. The third-order valence-corrected chi connectivity index (χ3v) is 10.2. The van der Waals surface area contributed by atoms with Crippen LogP contribution in [0, 0.1) is 23.2 Å². The fourth-order valence-corrected chi connectivity index (χ4v) is 8.28. The predicted molar refractivity (Wildman–Crippen MR) is 149 cm³/mol. The van der Waals surface area contributed by atoms with Crippen LogP contribution in [0.15, 0.2) is 48.5 Å². The molecular weight excluding hydrogens is 472 g/mol. The van der Waals surface area contributed by atoms with Crippen LogP contribution in [0.4, 0.5) is 0 Å². The first-order valence-electron chi connectivity index (χ1n) is 15.2. The summed E-state index contributed by atoms with van der Waals surface area (Å²) in [6.45, 7) is 4.52. The third kappa shape index (κ3) is 5.31. The van der Waals surface area contributed by atoms with Gasteiger partial charge < -0.3 is 14.2 Å². The molecule has 0 spiro atoms. The number of hydrogen-bond acceptors (Lipinski definition) is 4. The molecule has 204 valence electrons. The molecule has 3 fully saturated rings. The van der Waals surface area contributed by atoms with E-state index in [0.717, 1.165) is 76.8 Å². The van der Waals surface area contributed by atoms with Gasteiger partial charge in [-0.15, -0.1) is 0 Å². The van der Waals surface area contributed by atoms with Crippen molar-refractivity contribution in [3.63, 3.8) is 0 Å². The Bertz CT molecular complexity index is 1090. The lowest BCUT2D eigenvalue weighted by molar-refractivity contribution is -0.162. The van der Waals surface area contributed by atoms with E-state index >= 15 is 0 Å². The Labute approximate surface area is 228 Å². The first kappa shape index (κ1) is 26.1. The lowest BCUT2D eigenvalue weighted by Gasteiger charge is -2.50. The van der Waals surface area contributed by atoms with Gasteiger partial charge >= 0.3 is 0 Å². The van der Waals surface area contributed by atoms with Gasteiger partial charge in [-0.1, -0.05) is 49.7 Å². The Morgan fingerprint density at radius 2 is 1.92 bits per heavy atom. The highest BCUT2D eigenvalue weighted by molar-refractivity contribution is 5.87. The van der Waals surface area contributed by atoms with Crippen molar-refractivity contribution in [3.8, 4) is 5.75 Å². The number of hydrogen-bond donors (Lipinski definition) is 0. The van der Waals surface area contributed by atoms with Crippen LogP contribution in [-0.4, -0.2) is 25.3 Å². The first-order valence-corrected chi connectivity index (χ1v) is 15.2. The summed E-state index contributed by atoms with van der Waals surface area (Å²) in [6.07, 6.45) is 12.0. The summed E-state index contributed by atoms with van der Waals surface area (Å²) < 4.78 is 17.8. The van der Waals surface area contributed by atoms with E-state index < -0.39 is 0 Å². The fraction of sp³-hybridized carbons (Fsp3) is 0.618. The fourth-order valence-electron chi connectivity index (χ4n) is 8.28. The molecule has 1 saturated heterocycles. The molecule has 4 nitrogen and oxygen atoms in total. The average molecular weight is 517 g/mol. The summed E-state index contributed by atoms with van der Waals surface area (Å²) in [7, 11) is 0. The van der Waals surface area contributed by atoms with E-state index in [9.17, 15) is 4.79 Å². The van der Waals surface area contributed by atoms with Gasteiger partial charge in [0, 0.05) is 25.0 Å². The zero-order valence-electron chi connectivity index (χ0n) is 23.0. The zero-order valence-corrected chi connectivity index (χ0v) is 23.0. The molecule has 2 aromatic carbocycles. The number of unbranched alkanes of at least 4 members (excludes halogenated alkanes) is 1. The molecule has 0 N–H and O–H groups in total. The summed E-state index contributed by atoms with van der Waals surface area (Å²) >= 11 is 0. The third-order valence-electron chi connectivity index (χ3n) is 10.2. The number of ketones is 1. The normalized spacial score (nSPS) is 32.3. The van der Waals surface area contributed by atoms with E-state index in [1.54, 1.807) is 0 Å². The lowest BCUT2D eigenvalue weighted by atomic mass is 9.54. The van der Waals surface area contributed by atoms with Gasteiger partial charge in [0.1, 0.15) is 18.1 Å². The molecule has 0 bridgehead atoms. The smallest absolute Gasteiger partial charge is 0.157 e. The van der Waals surface area contributed by atoms with Crippen LogP contribution >= 0.6 is 0 Å². The molecule has 1 heterocycles. The van der Waals surface area contributed by atoms with E-state index in [4.69, 9.17) is 14.2 Å². The second-order valence-electron chi connectivity index (χ2n) is 12.5. The lowest BCUT2D eigenvalue weighted by Crippen LogP contribution is -2.44. The Kier molecular flexibility index (Phi) is 7.90. The van der Waals surface area contributed by atoms with Crippen molar-refractivity contribution < 1.29 is 19.0 Å². The van der Waals surface area contributed by atoms with Crippen molar-refractivity contribution in [3.05, 3.63) is 65.2 Å². The number of ether oxygens (including phenoxy) is 3. The number of fused-ring (bicyclic) bond motifs is 5. The second-order valence-corrected chi connectivity index (χ2v) is 12.5. The van der Waals surface area contributed by atoms with Crippen LogP contribution in [0.5, 0.6) is 5.75 Å². The molecule has 4 heteroatoms. The SMILES string of the molecule is C[C@]12CC[C@@H]3c4ccc(OCc5ccccc5)cc4CC[C@H]3[C@@H]1[C@H](CCCCOC1CCCCO1)CC2=O. The number of aryl methyl sites for hydroxylation is 1. The van der Waals surface area contributed by atoms with E-state index in [0.29, 0.717) is 36.1 Å². The van der Waals surface area contributed by atoms with Crippen molar-refractivity contribution in [1.29, 1.82) is 0 Å². The zero-order chi connectivity index (χ0) is 26.0. The summed E-state index contributed by atoms with van der Waals surface area (Å²) in [6, 6.07) is 17.2. The Hall–Kier alpha value is -2.17. The molecule has 1 unspecified atom stereocenters. The van der Waals surface area contributed by atoms with Crippen molar-refractivity contribution in [2.24, 2.45) is 23.2 Å². The van der Waals surface area contributed by atoms with Crippen molar-refractivity contribution in [2.75, 3.05) is 13.2 Å². The molecule has 2 aromatic rings. The van der Waals surface area contributed by atoms with E-state index in [-0.39, 0.29) is 11.7 Å². The minimum absolute atomic E-state index is 0.00534. The molecule has 4 aliphatic rings. The summed E-state index contributed by atoms with van der Waals surface area (Å²) in [5.74, 6) is 3.77. The Morgan fingerprint density at radius 3 is 2.76 bits per heavy atom. The molecular formula is C34H44O4. The number of rotatable bonds is 9. The van der Waals surface area contributed by atoms with E-state index in [1.807, 2.05) is 6.07 Å². The maximum atomic E-state index is 13.3. The van der Waals surface area contributed by atoms with Gasteiger partial charge in [0.25, 0.3) is 0 Å². The average Bonchev–Trinajstić information content (AvgIpc) is 3.22. The molecule has 0 amide bonds. The number of carbonyl (C=O) groups excluding carboxylic acids is 1. The Balaban J connectivity index is 1.09. The van der Waals surface area contributed by atoms with Crippen LogP contribution in [0.25, 0.3) is 0 Å². The number of Topliss-reactive ketones (excluding diaryl/α,β-unsaturated/α-hetero) is 1. The minimum atomic E-state index is -0.117. The minimum Gasteiger partial charge on any atom is -0.489 e. The standard InChI is InChI=1S/C34H44O4/c1-34-18-17-29-28-16-14-27(38-23-24-9-3-2-4-10-24)21-25(28)13-15-30(29)33(34)26(22-31(34)35)11-5-7-19-36-32-12-6-8-20-37-32/h2-4,9-10,14,16,21,26,29-30,32-33H,5-8,11-13,15,17-20,22-23H2,1H3/t26-,29-,30-,32?,33+,34-/m1/s1. The second kappa shape index (κ2) is 11.5. The topological polar surface area (TPSA) is 44.8 Å². The van der Waals surface area contributed by atoms with Gasteiger partial charge in [0.05, 0.1) is 0 Å². The van der Waals surface area contributed by atoms with Crippen LogP contribution in [-0.2, 0) is 27.3 Å². The van der Waals surface area contributed by atoms with Gasteiger partial charge in [-0.3, -0.25) is 4.79 Å². The highest BCUT2D eigenvalue weighted by atomic mass is 16.7. The van der Waals surface area contributed by atoms with Gasteiger partial charge in [-0.05, 0) is 110 Å².